The maximum Gasteiger partial charge on any atom is 0.0604 e. The predicted molar refractivity (Wildman–Crippen MR) is 67.5 cm³/mol. The van der Waals surface area contributed by atoms with Crippen LogP contribution in [0.5, 0.6) is 0 Å². The zero-order valence-corrected chi connectivity index (χ0v) is 10.8. The van der Waals surface area contributed by atoms with Gasteiger partial charge in [0.25, 0.3) is 0 Å². The first-order valence-electron chi connectivity index (χ1n) is 7.11. The second kappa shape index (κ2) is 9.00. The molecule has 2 nitrogen and oxygen atoms in total. The Morgan fingerprint density at radius 1 is 1.12 bits per heavy atom. The number of aliphatic hydroxyl groups is 1. The molecule has 0 heterocycles. The largest absolute Gasteiger partial charge is 0.396 e. The van der Waals surface area contributed by atoms with E-state index in [0.717, 1.165) is 13.0 Å². The number of aliphatic hydroxyl groups excluding tert-OH is 1. The van der Waals surface area contributed by atoms with E-state index in [0.29, 0.717) is 18.6 Å². The highest BCUT2D eigenvalue weighted by atomic mass is 16.5. The molecule has 0 radical (unpaired) electrons. The Kier molecular flexibility index (Phi) is 7.87. The van der Waals surface area contributed by atoms with Crippen LogP contribution >= 0.6 is 0 Å². The lowest BCUT2D eigenvalue weighted by Crippen LogP contribution is -2.27. The van der Waals surface area contributed by atoms with Crippen molar-refractivity contribution in [1.29, 1.82) is 0 Å². The number of hydrogen-bond donors (Lipinski definition) is 1. The summed E-state index contributed by atoms with van der Waals surface area (Å²) >= 11 is 0. The van der Waals surface area contributed by atoms with E-state index in [1.54, 1.807) is 0 Å². The summed E-state index contributed by atoms with van der Waals surface area (Å²) in [6.07, 6.45) is 11.5. The highest BCUT2D eigenvalue weighted by Gasteiger charge is 2.22. The standard InChI is InChI=1S/C14H28O2/c1-2-3-12-16-14-9-7-5-4-6-8-13(14)10-11-15/h13-15H,2-12H2,1H3. The first-order chi connectivity index (χ1) is 7.88. The van der Waals surface area contributed by atoms with Crippen molar-refractivity contribution in [2.45, 2.75) is 70.8 Å². The molecule has 2 atom stereocenters. The summed E-state index contributed by atoms with van der Waals surface area (Å²) < 4.78 is 6.01. The van der Waals surface area contributed by atoms with E-state index < -0.39 is 0 Å². The Balaban J connectivity index is 2.36. The molecule has 0 amide bonds. The van der Waals surface area contributed by atoms with Gasteiger partial charge in [0, 0.05) is 13.2 Å². The third-order valence-corrected chi connectivity index (χ3v) is 3.67. The van der Waals surface area contributed by atoms with Gasteiger partial charge in [-0.1, -0.05) is 39.0 Å². The molecular formula is C14H28O2. The monoisotopic (exact) mass is 228 g/mol. The van der Waals surface area contributed by atoms with Crippen molar-refractivity contribution in [2.24, 2.45) is 5.92 Å². The summed E-state index contributed by atoms with van der Waals surface area (Å²) in [6.45, 7) is 3.42. The maximum atomic E-state index is 9.11. The number of hydrogen-bond acceptors (Lipinski definition) is 2. The molecule has 1 saturated carbocycles. The van der Waals surface area contributed by atoms with E-state index in [9.17, 15) is 0 Å². The van der Waals surface area contributed by atoms with E-state index in [-0.39, 0.29) is 0 Å². The molecule has 1 rings (SSSR count). The molecule has 96 valence electrons. The molecule has 16 heavy (non-hydrogen) atoms. The van der Waals surface area contributed by atoms with Crippen molar-refractivity contribution >= 4 is 0 Å². The fourth-order valence-electron chi connectivity index (χ4n) is 2.62. The minimum Gasteiger partial charge on any atom is -0.396 e. The van der Waals surface area contributed by atoms with Gasteiger partial charge in [0.2, 0.25) is 0 Å². The van der Waals surface area contributed by atoms with Crippen LogP contribution in [0.2, 0.25) is 0 Å². The quantitative estimate of drug-likeness (QED) is 0.705. The van der Waals surface area contributed by atoms with E-state index in [2.05, 4.69) is 6.92 Å². The van der Waals surface area contributed by atoms with E-state index in [4.69, 9.17) is 9.84 Å². The van der Waals surface area contributed by atoms with Gasteiger partial charge in [-0.2, -0.15) is 0 Å². The van der Waals surface area contributed by atoms with Crippen LogP contribution in [-0.2, 0) is 4.74 Å². The zero-order chi connectivity index (χ0) is 11.6. The molecule has 1 fully saturated rings. The normalized spacial score (nSPS) is 27.4. The molecule has 0 saturated heterocycles. The Bertz CT molecular complexity index is 159. The summed E-state index contributed by atoms with van der Waals surface area (Å²) in [5.74, 6) is 0.599. The zero-order valence-electron chi connectivity index (χ0n) is 10.8. The molecule has 0 spiro atoms. The Hall–Kier alpha value is -0.0800. The number of ether oxygens (including phenoxy) is 1. The third kappa shape index (κ3) is 5.31. The topological polar surface area (TPSA) is 29.5 Å². The van der Waals surface area contributed by atoms with Crippen molar-refractivity contribution in [2.75, 3.05) is 13.2 Å². The molecule has 0 aliphatic heterocycles. The number of unbranched alkanes of at least 4 members (excludes halogenated alkanes) is 1. The van der Waals surface area contributed by atoms with Crippen molar-refractivity contribution in [3.05, 3.63) is 0 Å². The first kappa shape index (κ1) is 14.0. The van der Waals surface area contributed by atoms with Gasteiger partial charge in [0.05, 0.1) is 6.10 Å². The van der Waals surface area contributed by atoms with Crippen LogP contribution in [0.15, 0.2) is 0 Å². The van der Waals surface area contributed by atoms with Gasteiger partial charge in [-0.25, -0.2) is 0 Å². The van der Waals surface area contributed by atoms with Gasteiger partial charge in [0.1, 0.15) is 0 Å². The van der Waals surface area contributed by atoms with Crippen molar-refractivity contribution in [1.82, 2.24) is 0 Å². The molecule has 0 bridgehead atoms. The molecule has 1 aliphatic carbocycles. The summed E-state index contributed by atoms with van der Waals surface area (Å²) in [7, 11) is 0. The van der Waals surface area contributed by atoms with Crippen LogP contribution in [0.4, 0.5) is 0 Å². The second-order valence-electron chi connectivity index (χ2n) is 5.03. The van der Waals surface area contributed by atoms with Crippen LogP contribution in [0, 0.1) is 5.92 Å². The summed E-state index contributed by atoms with van der Waals surface area (Å²) in [4.78, 5) is 0. The average molecular weight is 228 g/mol. The van der Waals surface area contributed by atoms with E-state index >= 15 is 0 Å². The van der Waals surface area contributed by atoms with Gasteiger partial charge < -0.3 is 9.84 Å². The molecule has 2 unspecified atom stereocenters. The second-order valence-corrected chi connectivity index (χ2v) is 5.03. The summed E-state index contributed by atoms with van der Waals surface area (Å²) in [5.41, 5.74) is 0. The Labute approximate surface area is 100 Å². The molecule has 2 heteroatoms. The van der Waals surface area contributed by atoms with Crippen LogP contribution in [0.3, 0.4) is 0 Å². The van der Waals surface area contributed by atoms with Crippen molar-refractivity contribution in [3.8, 4) is 0 Å². The van der Waals surface area contributed by atoms with Gasteiger partial charge in [-0.15, -0.1) is 0 Å². The van der Waals surface area contributed by atoms with Crippen molar-refractivity contribution < 1.29 is 9.84 Å². The SMILES string of the molecule is CCCCOC1CCCCCCC1CCO. The van der Waals surface area contributed by atoms with Crippen LogP contribution in [-0.4, -0.2) is 24.4 Å². The lowest BCUT2D eigenvalue weighted by molar-refractivity contribution is -0.00992. The number of rotatable bonds is 6. The smallest absolute Gasteiger partial charge is 0.0604 e. The molecule has 1 N–H and O–H groups in total. The third-order valence-electron chi connectivity index (χ3n) is 3.67. The average Bonchev–Trinajstić information content (AvgIpc) is 2.26. The Morgan fingerprint density at radius 2 is 1.88 bits per heavy atom. The van der Waals surface area contributed by atoms with Crippen LogP contribution in [0.25, 0.3) is 0 Å². The minimum atomic E-state index is 0.318. The van der Waals surface area contributed by atoms with E-state index in [1.807, 2.05) is 0 Å². The maximum absolute atomic E-state index is 9.11. The predicted octanol–water partition coefficient (Wildman–Crippen LogP) is 3.52. The fraction of sp³-hybridized carbons (Fsp3) is 1.00. The first-order valence-corrected chi connectivity index (χ1v) is 7.11. The van der Waals surface area contributed by atoms with Gasteiger partial charge in [-0.3, -0.25) is 0 Å². The highest BCUT2D eigenvalue weighted by molar-refractivity contribution is 4.73. The Morgan fingerprint density at radius 3 is 2.56 bits per heavy atom. The summed E-state index contributed by atoms with van der Waals surface area (Å²) in [6, 6.07) is 0. The lowest BCUT2D eigenvalue weighted by Gasteiger charge is -2.29. The molecule has 0 aromatic heterocycles. The lowest BCUT2D eigenvalue weighted by atomic mass is 9.86. The minimum absolute atomic E-state index is 0.318. The van der Waals surface area contributed by atoms with Gasteiger partial charge in [0.15, 0.2) is 0 Å². The van der Waals surface area contributed by atoms with Crippen LogP contribution < -0.4 is 0 Å². The molecule has 1 aliphatic rings. The fourth-order valence-corrected chi connectivity index (χ4v) is 2.62. The summed E-state index contributed by atoms with van der Waals surface area (Å²) in [5, 5.41) is 9.11. The van der Waals surface area contributed by atoms with Crippen LogP contribution in [0.1, 0.15) is 64.7 Å². The van der Waals surface area contributed by atoms with E-state index in [1.165, 1.54) is 51.4 Å². The highest BCUT2D eigenvalue weighted by Crippen LogP contribution is 2.27. The molecular weight excluding hydrogens is 200 g/mol. The van der Waals surface area contributed by atoms with Crippen molar-refractivity contribution in [3.63, 3.8) is 0 Å². The molecule has 0 aromatic rings. The molecule has 0 aromatic carbocycles. The van der Waals surface area contributed by atoms with Gasteiger partial charge in [-0.05, 0) is 31.6 Å². The van der Waals surface area contributed by atoms with Gasteiger partial charge >= 0.3 is 0 Å².